The number of carbonyl (C=O) groups excluding carboxylic acids is 3. The largest absolute Gasteiger partial charge is 0.490 e. The number of ether oxygens (including phenoxy) is 2. The number of amides is 3. The van der Waals surface area contributed by atoms with Crippen LogP contribution in [0.4, 0.5) is 5.69 Å². The van der Waals surface area contributed by atoms with Gasteiger partial charge in [0.2, 0.25) is 5.91 Å². The number of likely N-dealkylation sites (N-methyl/N-ethyl adjacent to an activating group) is 1. The van der Waals surface area contributed by atoms with Crippen molar-refractivity contribution in [2.75, 3.05) is 26.0 Å². The molecule has 8 nitrogen and oxygen atoms in total. The van der Waals surface area contributed by atoms with Crippen molar-refractivity contribution in [1.82, 2.24) is 10.2 Å². The van der Waals surface area contributed by atoms with Crippen LogP contribution in [0.2, 0.25) is 0 Å². The third-order valence-corrected chi connectivity index (χ3v) is 6.58. The molecule has 0 spiro atoms. The molecule has 2 aliphatic heterocycles. The molecule has 4 rings (SSSR count). The molecule has 1 saturated heterocycles. The molecular formula is C22H25N3O5S. The van der Waals surface area contributed by atoms with Gasteiger partial charge in [-0.25, -0.2) is 0 Å². The Morgan fingerprint density at radius 1 is 1.26 bits per heavy atom. The van der Waals surface area contributed by atoms with Gasteiger partial charge in [0, 0.05) is 19.8 Å². The fourth-order valence-electron chi connectivity index (χ4n) is 4.01. The second-order valence-corrected chi connectivity index (χ2v) is 8.64. The van der Waals surface area contributed by atoms with Crippen LogP contribution in [0, 0.1) is 0 Å². The molecule has 0 bridgehead atoms. The first-order valence-corrected chi connectivity index (χ1v) is 11.1. The van der Waals surface area contributed by atoms with Crippen LogP contribution in [-0.4, -0.2) is 61.6 Å². The topological polar surface area (TPSA) is 97.0 Å². The van der Waals surface area contributed by atoms with Gasteiger partial charge >= 0.3 is 0 Å². The van der Waals surface area contributed by atoms with Crippen molar-refractivity contribution in [3.63, 3.8) is 0 Å². The van der Waals surface area contributed by atoms with Crippen LogP contribution in [0.25, 0.3) is 0 Å². The first-order chi connectivity index (χ1) is 15.0. The summed E-state index contributed by atoms with van der Waals surface area (Å²) < 4.78 is 12.1. The molecule has 2 N–H and O–H groups in total. The maximum Gasteiger partial charge on any atom is 0.265 e. The highest BCUT2D eigenvalue weighted by atomic mass is 32.1. The molecule has 2 aliphatic rings. The molecule has 2 aromatic rings. The van der Waals surface area contributed by atoms with Crippen LogP contribution >= 0.6 is 11.3 Å². The van der Waals surface area contributed by atoms with Crippen molar-refractivity contribution in [1.29, 1.82) is 0 Å². The predicted octanol–water partition coefficient (Wildman–Crippen LogP) is 2.52. The summed E-state index contributed by atoms with van der Waals surface area (Å²) >= 11 is 1.35. The molecule has 0 unspecified atom stereocenters. The summed E-state index contributed by atoms with van der Waals surface area (Å²) in [6.07, 6.45) is 1.20. The van der Waals surface area contributed by atoms with Crippen LogP contribution in [0.1, 0.15) is 39.3 Å². The quantitative estimate of drug-likeness (QED) is 0.757. The molecule has 0 radical (unpaired) electrons. The van der Waals surface area contributed by atoms with Crippen LogP contribution in [0.3, 0.4) is 0 Å². The summed E-state index contributed by atoms with van der Waals surface area (Å²) in [6.45, 7) is 0.278. The maximum atomic E-state index is 13.2. The standard InChI is InChI=1S/C22H25N3O5S/c1-23-20(26)11-14-6-7-16-18(30-14)12-29-17-8-5-13(10-15(17)22(28)25(16)2)24-21(27)19-4-3-9-31-19/h3-5,8-10,14,16,18H,6-7,11-12H2,1-2H3,(H,23,26)(H,24,27)/t14-,16-,18-/m0/s1. The third-order valence-electron chi connectivity index (χ3n) is 5.71. The number of carbonyl (C=O) groups is 3. The number of nitrogens with one attached hydrogen (secondary N) is 2. The number of thiophene rings is 1. The van der Waals surface area contributed by atoms with Crippen LogP contribution in [0.15, 0.2) is 35.7 Å². The molecule has 0 saturated carbocycles. The molecule has 1 aromatic carbocycles. The summed E-state index contributed by atoms with van der Waals surface area (Å²) in [7, 11) is 3.36. The number of nitrogens with zero attached hydrogens (tertiary/aromatic N) is 1. The minimum absolute atomic E-state index is 0.0675. The summed E-state index contributed by atoms with van der Waals surface area (Å²) in [5.41, 5.74) is 0.933. The average molecular weight is 444 g/mol. The van der Waals surface area contributed by atoms with E-state index in [-0.39, 0.29) is 42.6 Å². The van der Waals surface area contributed by atoms with E-state index in [0.29, 0.717) is 34.7 Å². The summed E-state index contributed by atoms with van der Waals surface area (Å²) in [6, 6.07) is 8.47. The Hall–Kier alpha value is -2.91. The lowest BCUT2D eigenvalue weighted by Crippen LogP contribution is -2.53. The molecule has 31 heavy (non-hydrogen) atoms. The van der Waals surface area contributed by atoms with E-state index in [1.807, 2.05) is 11.4 Å². The van der Waals surface area contributed by atoms with E-state index in [1.54, 1.807) is 43.3 Å². The zero-order valence-corrected chi connectivity index (χ0v) is 18.2. The minimum Gasteiger partial charge on any atom is -0.490 e. The lowest BCUT2D eigenvalue weighted by molar-refractivity contribution is -0.133. The van der Waals surface area contributed by atoms with Gasteiger partial charge in [0.25, 0.3) is 11.8 Å². The first kappa shape index (κ1) is 21.3. The van der Waals surface area contributed by atoms with Gasteiger partial charge in [-0.15, -0.1) is 11.3 Å². The van der Waals surface area contributed by atoms with Crippen molar-refractivity contribution in [2.24, 2.45) is 0 Å². The van der Waals surface area contributed by atoms with Crippen molar-refractivity contribution < 1.29 is 23.9 Å². The number of rotatable bonds is 4. The van der Waals surface area contributed by atoms with E-state index in [9.17, 15) is 14.4 Å². The number of hydrogen-bond donors (Lipinski definition) is 2. The van der Waals surface area contributed by atoms with E-state index in [1.165, 1.54) is 11.3 Å². The van der Waals surface area contributed by atoms with E-state index in [2.05, 4.69) is 10.6 Å². The van der Waals surface area contributed by atoms with Gasteiger partial charge in [-0.2, -0.15) is 0 Å². The van der Waals surface area contributed by atoms with Gasteiger partial charge in [-0.05, 0) is 42.5 Å². The minimum atomic E-state index is -0.316. The Kier molecular flexibility index (Phi) is 6.24. The molecule has 3 atom stereocenters. The monoisotopic (exact) mass is 443 g/mol. The normalized spacial score (nSPS) is 23.0. The van der Waals surface area contributed by atoms with Crippen molar-refractivity contribution >= 4 is 34.7 Å². The Labute approximate surface area is 184 Å². The van der Waals surface area contributed by atoms with E-state index < -0.39 is 0 Å². The van der Waals surface area contributed by atoms with Crippen LogP contribution in [0.5, 0.6) is 5.75 Å². The summed E-state index contributed by atoms with van der Waals surface area (Å²) in [5, 5.41) is 7.29. The van der Waals surface area contributed by atoms with Crippen LogP contribution in [-0.2, 0) is 9.53 Å². The van der Waals surface area contributed by atoms with E-state index in [0.717, 1.165) is 6.42 Å². The predicted molar refractivity (Wildman–Crippen MR) is 117 cm³/mol. The molecule has 1 fully saturated rings. The summed E-state index contributed by atoms with van der Waals surface area (Å²) in [4.78, 5) is 39.6. The van der Waals surface area contributed by atoms with Gasteiger partial charge in [0.15, 0.2) is 0 Å². The van der Waals surface area contributed by atoms with E-state index in [4.69, 9.17) is 9.47 Å². The number of anilines is 1. The zero-order chi connectivity index (χ0) is 22.0. The van der Waals surface area contributed by atoms with Crippen molar-refractivity contribution in [3.8, 4) is 5.75 Å². The summed E-state index contributed by atoms with van der Waals surface area (Å²) in [5.74, 6) is -0.0285. The maximum absolute atomic E-state index is 13.2. The highest BCUT2D eigenvalue weighted by molar-refractivity contribution is 7.12. The van der Waals surface area contributed by atoms with Gasteiger partial charge in [-0.3, -0.25) is 14.4 Å². The SMILES string of the molecule is CNC(=O)C[C@@H]1CC[C@H]2[C@H](COc3ccc(NC(=O)c4cccs4)cc3C(=O)N2C)O1. The Balaban J connectivity index is 1.52. The van der Waals surface area contributed by atoms with E-state index >= 15 is 0 Å². The molecule has 9 heteroatoms. The van der Waals surface area contributed by atoms with Crippen molar-refractivity contribution in [3.05, 3.63) is 46.2 Å². The average Bonchev–Trinajstić information content (AvgIpc) is 3.32. The second-order valence-electron chi connectivity index (χ2n) is 7.69. The molecular weight excluding hydrogens is 418 g/mol. The highest BCUT2D eigenvalue weighted by Crippen LogP contribution is 2.32. The smallest absolute Gasteiger partial charge is 0.265 e. The lowest BCUT2D eigenvalue weighted by atomic mass is 9.94. The molecule has 3 amide bonds. The fraction of sp³-hybridized carbons (Fsp3) is 0.409. The number of hydrogen-bond acceptors (Lipinski definition) is 6. The van der Waals surface area contributed by atoms with Crippen LogP contribution < -0.4 is 15.4 Å². The fourth-order valence-corrected chi connectivity index (χ4v) is 4.63. The number of fused-ring (bicyclic) bond motifs is 2. The van der Waals surface area contributed by atoms with Gasteiger partial charge in [0.05, 0.1) is 29.0 Å². The third kappa shape index (κ3) is 4.57. The second kappa shape index (κ2) is 9.07. The zero-order valence-electron chi connectivity index (χ0n) is 17.4. The Morgan fingerprint density at radius 3 is 2.84 bits per heavy atom. The number of benzene rings is 1. The molecule has 1 aromatic heterocycles. The lowest BCUT2D eigenvalue weighted by Gasteiger charge is -2.42. The van der Waals surface area contributed by atoms with Gasteiger partial charge in [-0.1, -0.05) is 6.07 Å². The Morgan fingerprint density at radius 2 is 2.10 bits per heavy atom. The molecule has 3 heterocycles. The highest BCUT2D eigenvalue weighted by Gasteiger charge is 2.39. The Bertz CT molecular complexity index is 978. The van der Waals surface area contributed by atoms with Gasteiger partial charge < -0.3 is 25.0 Å². The van der Waals surface area contributed by atoms with Crippen molar-refractivity contribution in [2.45, 2.75) is 37.5 Å². The molecule has 164 valence electrons. The van der Waals surface area contributed by atoms with Gasteiger partial charge in [0.1, 0.15) is 18.5 Å². The molecule has 0 aliphatic carbocycles. The first-order valence-electron chi connectivity index (χ1n) is 10.2.